The Labute approximate surface area is 90.0 Å². The fraction of sp³-hybridized carbons (Fsp3) is 0. The molecule has 3 aromatic rings. The summed E-state index contributed by atoms with van der Waals surface area (Å²) < 4.78 is 0. The van der Waals surface area contributed by atoms with Gasteiger partial charge in [-0.3, -0.25) is 0 Å². The second-order valence-corrected chi connectivity index (χ2v) is 3.38. The van der Waals surface area contributed by atoms with Crippen LogP contribution < -0.4 is 0 Å². The molecule has 0 aliphatic rings. The average molecular weight is 210 g/mol. The lowest BCUT2D eigenvalue weighted by molar-refractivity contribution is 0.477. The number of nitrogens with zero attached hydrogens (tertiary/aromatic N) is 3. The maximum Gasteiger partial charge on any atom is 0.183 e. The molecule has 3 heterocycles. The number of H-pyrrole nitrogens is 1. The zero-order valence-corrected chi connectivity index (χ0v) is 8.10. The Bertz CT molecular complexity index is 739. The molecule has 0 amide bonds. The van der Waals surface area contributed by atoms with Gasteiger partial charge >= 0.3 is 0 Å². The van der Waals surface area contributed by atoms with Crippen LogP contribution in [-0.2, 0) is 0 Å². The Morgan fingerprint density at radius 1 is 1.38 bits per heavy atom. The molecule has 0 aromatic carbocycles. The first-order valence-corrected chi connectivity index (χ1v) is 4.65. The summed E-state index contributed by atoms with van der Waals surface area (Å²) in [5.41, 5.74) is 1.37. The molecule has 3 rings (SSSR count). The molecular formula is C11H6N4O. The number of nitrogens with one attached hydrogen (secondary N) is 1. The van der Waals surface area contributed by atoms with Crippen molar-refractivity contribution >= 4 is 21.9 Å². The average Bonchev–Trinajstić information content (AvgIpc) is 2.68. The summed E-state index contributed by atoms with van der Waals surface area (Å²) in [5, 5.41) is 20.1. The van der Waals surface area contributed by atoms with Crippen LogP contribution in [0.15, 0.2) is 24.5 Å². The van der Waals surface area contributed by atoms with E-state index in [2.05, 4.69) is 15.0 Å². The third-order valence-electron chi connectivity index (χ3n) is 2.49. The highest BCUT2D eigenvalue weighted by molar-refractivity contribution is 6.09. The summed E-state index contributed by atoms with van der Waals surface area (Å²) in [6.45, 7) is 0. The number of nitriles is 1. The molecule has 0 bridgehead atoms. The van der Waals surface area contributed by atoms with Crippen LogP contribution in [0.4, 0.5) is 0 Å². The van der Waals surface area contributed by atoms with Crippen molar-refractivity contribution in [3.05, 3.63) is 30.2 Å². The molecule has 0 saturated heterocycles. The molecule has 0 unspecified atom stereocenters. The minimum absolute atomic E-state index is 0.0252. The van der Waals surface area contributed by atoms with Crippen molar-refractivity contribution in [1.82, 2.24) is 15.0 Å². The molecule has 0 saturated carbocycles. The number of hydrogen-bond donors (Lipinski definition) is 2. The van der Waals surface area contributed by atoms with Gasteiger partial charge in [0.15, 0.2) is 11.4 Å². The third kappa shape index (κ3) is 0.982. The molecule has 5 nitrogen and oxygen atoms in total. The van der Waals surface area contributed by atoms with Crippen LogP contribution in [0.5, 0.6) is 5.75 Å². The van der Waals surface area contributed by atoms with Crippen LogP contribution in [0.25, 0.3) is 21.9 Å². The Hall–Kier alpha value is -2.61. The summed E-state index contributed by atoms with van der Waals surface area (Å²) in [6.07, 6.45) is 3.18. The maximum atomic E-state index is 9.90. The standard InChI is InChI=1S/C11H6N4O/c12-4-7-10(16)9-6-2-1-3-13-11(6)15-8(9)5-14-7/h1-3,5,16H,(H,13,15). The van der Waals surface area contributed by atoms with Gasteiger partial charge in [0.1, 0.15) is 11.7 Å². The van der Waals surface area contributed by atoms with Crippen LogP contribution >= 0.6 is 0 Å². The minimum atomic E-state index is -0.0979. The lowest BCUT2D eigenvalue weighted by Gasteiger charge is -1.96. The van der Waals surface area contributed by atoms with Gasteiger partial charge in [-0.05, 0) is 12.1 Å². The van der Waals surface area contributed by atoms with Gasteiger partial charge in [-0.1, -0.05) is 0 Å². The van der Waals surface area contributed by atoms with Crippen molar-refractivity contribution in [2.75, 3.05) is 0 Å². The molecule has 0 atom stereocenters. The van der Waals surface area contributed by atoms with Crippen molar-refractivity contribution in [1.29, 1.82) is 5.26 Å². The minimum Gasteiger partial charge on any atom is -0.504 e. The normalized spacial score (nSPS) is 10.7. The van der Waals surface area contributed by atoms with Gasteiger partial charge < -0.3 is 10.1 Å². The van der Waals surface area contributed by atoms with E-state index < -0.39 is 0 Å². The monoisotopic (exact) mass is 210 g/mol. The first-order valence-electron chi connectivity index (χ1n) is 4.65. The second kappa shape index (κ2) is 2.94. The van der Waals surface area contributed by atoms with E-state index in [-0.39, 0.29) is 11.4 Å². The van der Waals surface area contributed by atoms with Gasteiger partial charge in [-0.2, -0.15) is 5.26 Å². The maximum absolute atomic E-state index is 9.90. The number of fused-ring (bicyclic) bond motifs is 3. The summed E-state index contributed by atoms with van der Waals surface area (Å²) in [4.78, 5) is 11.0. The first kappa shape index (κ1) is 8.68. The van der Waals surface area contributed by atoms with E-state index in [1.54, 1.807) is 12.3 Å². The van der Waals surface area contributed by atoms with Gasteiger partial charge in [0.25, 0.3) is 0 Å². The summed E-state index contributed by atoms with van der Waals surface area (Å²) >= 11 is 0. The molecule has 0 aliphatic carbocycles. The van der Waals surface area contributed by atoms with Gasteiger partial charge in [-0.25, -0.2) is 9.97 Å². The number of hydrogen-bond acceptors (Lipinski definition) is 4. The number of rotatable bonds is 0. The topological polar surface area (TPSA) is 85.6 Å². The summed E-state index contributed by atoms with van der Waals surface area (Å²) in [5.74, 6) is -0.0979. The zero-order valence-electron chi connectivity index (χ0n) is 8.10. The van der Waals surface area contributed by atoms with Crippen LogP contribution in [0.1, 0.15) is 5.69 Å². The lowest BCUT2D eigenvalue weighted by Crippen LogP contribution is -1.83. The molecule has 5 heteroatoms. The second-order valence-electron chi connectivity index (χ2n) is 3.38. The van der Waals surface area contributed by atoms with Gasteiger partial charge in [0.05, 0.1) is 17.1 Å². The fourth-order valence-corrected chi connectivity index (χ4v) is 1.78. The van der Waals surface area contributed by atoms with Gasteiger partial charge in [0, 0.05) is 11.6 Å². The lowest BCUT2D eigenvalue weighted by atomic mass is 10.2. The van der Waals surface area contributed by atoms with Crippen molar-refractivity contribution in [2.24, 2.45) is 0 Å². The van der Waals surface area contributed by atoms with Crippen molar-refractivity contribution in [3.63, 3.8) is 0 Å². The van der Waals surface area contributed by atoms with Gasteiger partial charge in [-0.15, -0.1) is 0 Å². The molecule has 0 spiro atoms. The fourth-order valence-electron chi connectivity index (χ4n) is 1.78. The summed E-state index contributed by atoms with van der Waals surface area (Å²) in [6, 6.07) is 5.46. The Morgan fingerprint density at radius 2 is 2.25 bits per heavy atom. The van der Waals surface area contributed by atoms with E-state index in [0.29, 0.717) is 16.6 Å². The SMILES string of the molecule is N#Cc1ncc2[nH]c3ncccc3c2c1O. The molecule has 0 radical (unpaired) electrons. The largest absolute Gasteiger partial charge is 0.504 e. The highest BCUT2D eigenvalue weighted by Gasteiger charge is 2.13. The van der Waals surface area contributed by atoms with E-state index in [0.717, 1.165) is 5.39 Å². The summed E-state index contributed by atoms with van der Waals surface area (Å²) in [7, 11) is 0. The van der Waals surface area contributed by atoms with Crippen LogP contribution in [-0.4, -0.2) is 20.1 Å². The quantitative estimate of drug-likeness (QED) is 0.591. The molecular weight excluding hydrogens is 204 g/mol. The number of aromatic nitrogens is 3. The molecule has 76 valence electrons. The van der Waals surface area contributed by atoms with Crippen LogP contribution in [0.3, 0.4) is 0 Å². The van der Waals surface area contributed by atoms with Gasteiger partial charge in [0.2, 0.25) is 0 Å². The molecule has 0 fully saturated rings. The predicted octanol–water partition coefficient (Wildman–Crippen LogP) is 1.69. The van der Waals surface area contributed by atoms with Crippen molar-refractivity contribution in [3.8, 4) is 11.8 Å². The molecule has 2 N–H and O–H groups in total. The third-order valence-corrected chi connectivity index (χ3v) is 2.49. The zero-order chi connectivity index (χ0) is 11.1. The number of aromatic hydroxyl groups is 1. The van der Waals surface area contributed by atoms with Crippen molar-refractivity contribution in [2.45, 2.75) is 0 Å². The van der Waals surface area contributed by atoms with E-state index in [1.807, 2.05) is 12.1 Å². The first-order chi connectivity index (χ1) is 7.81. The molecule has 3 aromatic heterocycles. The van der Waals surface area contributed by atoms with E-state index >= 15 is 0 Å². The van der Waals surface area contributed by atoms with E-state index in [1.165, 1.54) is 6.20 Å². The van der Waals surface area contributed by atoms with Crippen LogP contribution in [0, 0.1) is 11.3 Å². The number of pyridine rings is 2. The van der Waals surface area contributed by atoms with E-state index in [9.17, 15) is 5.11 Å². The predicted molar refractivity (Wildman–Crippen MR) is 57.8 cm³/mol. The Kier molecular flexibility index (Phi) is 1.59. The number of aromatic amines is 1. The highest BCUT2D eigenvalue weighted by Crippen LogP contribution is 2.32. The highest BCUT2D eigenvalue weighted by atomic mass is 16.3. The Morgan fingerprint density at radius 3 is 3.06 bits per heavy atom. The van der Waals surface area contributed by atoms with Crippen molar-refractivity contribution < 1.29 is 5.11 Å². The smallest absolute Gasteiger partial charge is 0.183 e. The van der Waals surface area contributed by atoms with E-state index in [4.69, 9.17) is 5.26 Å². The van der Waals surface area contributed by atoms with Crippen LogP contribution in [0.2, 0.25) is 0 Å². The molecule has 0 aliphatic heterocycles. The Balaban J connectivity index is 2.59. The molecule has 16 heavy (non-hydrogen) atoms.